The minimum absolute atomic E-state index is 0. The Morgan fingerprint density at radius 3 is 2.61 bits per heavy atom. The molecule has 0 bridgehead atoms. The Hall–Kier alpha value is -1.17. The summed E-state index contributed by atoms with van der Waals surface area (Å²) in [5, 5.41) is 0.784. The number of benzene rings is 1. The first kappa shape index (κ1) is 18.2. The summed E-state index contributed by atoms with van der Waals surface area (Å²) >= 11 is 6.06. The Balaban J connectivity index is 0.00000192. The van der Waals surface area contributed by atoms with Crippen LogP contribution in [-0.4, -0.2) is 68.3 Å². The number of likely N-dealkylation sites (N-methyl/N-ethyl adjacent to an activating group) is 1. The molecule has 2 aliphatic rings. The molecule has 1 unspecified atom stereocenters. The predicted molar refractivity (Wildman–Crippen MR) is 94.9 cm³/mol. The van der Waals surface area contributed by atoms with Crippen LogP contribution in [0.25, 0.3) is 0 Å². The summed E-state index contributed by atoms with van der Waals surface area (Å²) in [7, 11) is 1.78. The van der Waals surface area contributed by atoms with Gasteiger partial charge in [-0.1, -0.05) is 17.7 Å². The van der Waals surface area contributed by atoms with Crippen molar-refractivity contribution in [3.05, 3.63) is 29.3 Å². The van der Waals surface area contributed by atoms with Gasteiger partial charge >= 0.3 is 6.09 Å². The SMILES string of the molecule is CN1CC(CCN2CCN(c3cccc(Cl)c3)CC2)OC1=O.Cl. The average Bonchev–Trinajstić information content (AvgIpc) is 2.84. The highest BCUT2D eigenvalue weighted by Gasteiger charge is 2.28. The zero-order valence-electron chi connectivity index (χ0n) is 13.3. The van der Waals surface area contributed by atoms with Crippen molar-refractivity contribution in [1.82, 2.24) is 9.80 Å². The van der Waals surface area contributed by atoms with Crippen LogP contribution in [0.3, 0.4) is 0 Å². The number of nitrogens with zero attached hydrogens (tertiary/aromatic N) is 3. The summed E-state index contributed by atoms with van der Waals surface area (Å²) in [6, 6.07) is 8.02. The number of amides is 1. The number of hydrogen-bond donors (Lipinski definition) is 0. The highest BCUT2D eigenvalue weighted by atomic mass is 35.5. The van der Waals surface area contributed by atoms with E-state index in [1.54, 1.807) is 11.9 Å². The molecule has 0 aromatic heterocycles. The number of halogens is 2. The topological polar surface area (TPSA) is 36.0 Å². The molecule has 0 N–H and O–H groups in total. The maximum Gasteiger partial charge on any atom is 0.409 e. The summed E-state index contributed by atoms with van der Waals surface area (Å²) in [6.07, 6.45) is 0.756. The number of cyclic esters (lactones) is 1. The van der Waals surface area contributed by atoms with E-state index in [9.17, 15) is 4.79 Å². The van der Waals surface area contributed by atoms with Crippen molar-refractivity contribution in [1.29, 1.82) is 0 Å². The van der Waals surface area contributed by atoms with Crippen molar-refractivity contribution in [2.75, 3.05) is 51.2 Å². The van der Waals surface area contributed by atoms with E-state index in [1.165, 1.54) is 5.69 Å². The third-order valence-corrected chi connectivity index (χ3v) is 4.60. The molecule has 1 amide bonds. The van der Waals surface area contributed by atoms with Crippen LogP contribution in [0.4, 0.5) is 10.5 Å². The number of carbonyl (C=O) groups is 1. The van der Waals surface area contributed by atoms with Crippen LogP contribution < -0.4 is 4.90 Å². The summed E-state index contributed by atoms with van der Waals surface area (Å²) in [6.45, 7) is 5.76. The van der Waals surface area contributed by atoms with Crippen molar-refractivity contribution in [2.24, 2.45) is 0 Å². The van der Waals surface area contributed by atoms with Gasteiger partial charge in [-0.3, -0.25) is 4.90 Å². The molecule has 5 nitrogen and oxygen atoms in total. The molecule has 2 saturated heterocycles. The Labute approximate surface area is 148 Å². The molecule has 1 atom stereocenters. The molecule has 1 aromatic carbocycles. The zero-order valence-corrected chi connectivity index (χ0v) is 14.9. The monoisotopic (exact) mass is 359 g/mol. The average molecular weight is 360 g/mol. The fourth-order valence-corrected chi connectivity index (χ4v) is 3.21. The van der Waals surface area contributed by atoms with E-state index in [2.05, 4.69) is 15.9 Å². The molecule has 0 radical (unpaired) electrons. The van der Waals surface area contributed by atoms with Crippen LogP contribution in [0.15, 0.2) is 24.3 Å². The first-order valence-electron chi connectivity index (χ1n) is 7.76. The molecule has 0 spiro atoms. The highest BCUT2D eigenvalue weighted by molar-refractivity contribution is 6.30. The van der Waals surface area contributed by atoms with Gasteiger partial charge in [0.15, 0.2) is 0 Å². The molecule has 128 valence electrons. The van der Waals surface area contributed by atoms with Gasteiger partial charge in [-0.05, 0) is 24.6 Å². The standard InChI is InChI=1S/C16H22ClN3O2.ClH/c1-18-12-15(22-16(18)21)5-6-19-7-9-20(10-8-19)14-4-2-3-13(17)11-14;/h2-4,11,15H,5-10,12H2,1H3;1H. The van der Waals surface area contributed by atoms with E-state index >= 15 is 0 Å². The largest absolute Gasteiger partial charge is 0.444 e. The van der Waals surface area contributed by atoms with E-state index in [-0.39, 0.29) is 24.6 Å². The molecule has 1 aromatic rings. The Bertz CT molecular complexity index is 536. The predicted octanol–water partition coefficient (Wildman–Crippen LogP) is 2.72. The summed E-state index contributed by atoms with van der Waals surface area (Å²) in [5.41, 5.74) is 1.19. The maximum absolute atomic E-state index is 11.3. The second-order valence-corrected chi connectivity index (χ2v) is 6.42. The Morgan fingerprint density at radius 2 is 2.00 bits per heavy atom. The number of ether oxygens (including phenoxy) is 1. The fourth-order valence-electron chi connectivity index (χ4n) is 3.03. The second kappa shape index (κ2) is 8.08. The van der Waals surface area contributed by atoms with Crippen LogP contribution in [0.1, 0.15) is 6.42 Å². The number of rotatable bonds is 4. The van der Waals surface area contributed by atoms with Gasteiger partial charge in [0, 0.05) is 50.5 Å². The molecule has 2 heterocycles. The van der Waals surface area contributed by atoms with Gasteiger partial charge in [0.25, 0.3) is 0 Å². The normalized spacial score (nSPS) is 22.0. The molecular weight excluding hydrogens is 337 g/mol. The highest BCUT2D eigenvalue weighted by Crippen LogP contribution is 2.21. The molecular formula is C16H23Cl2N3O2. The lowest BCUT2D eigenvalue weighted by molar-refractivity contribution is 0.121. The molecule has 2 aliphatic heterocycles. The summed E-state index contributed by atoms with van der Waals surface area (Å²) in [5.74, 6) is 0. The van der Waals surface area contributed by atoms with Crippen molar-refractivity contribution in [3.8, 4) is 0 Å². The minimum Gasteiger partial charge on any atom is -0.444 e. The van der Waals surface area contributed by atoms with Crippen molar-refractivity contribution in [2.45, 2.75) is 12.5 Å². The van der Waals surface area contributed by atoms with Crippen LogP contribution in [-0.2, 0) is 4.74 Å². The lowest BCUT2D eigenvalue weighted by Crippen LogP contribution is -2.47. The number of anilines is 1. The van der Waals surface area contributed by atoms with Crippen molar-refractivity contribution < 1.29 is 9.53 Å². The summed E-state index contributed by atoms with van der Waals surface area (Å²) in [4.78, 5) is 17.8. The quantitative estimate of drug-likeness (QED) is 0.827. The number of hydrogen-bond acceptors (Lipinski definition) is 4. The Kier molecular flexibility index (Phi) is 6.39. The van der Waals surface area contributed by atoms with Gasteiger partial charge < -0.3 is 14.5 Å². The van der Waals surface area contributed by atoms with Gasteiger partial charge in [0.2, 0.25) is 0 Å². The third-order valence-electron chi connectivity index (χ3n) is 4.37. The molecule has 0 aliphatic carbocycles. The van der Waals surface area contributed by atoms with Gasteiger partial charge in [-0.25, -0.2) is 4.79 Å². The van der Waals surface area contributed by atoms with Crippen LogP contribution in [0.5, 0.6) is 0 Å². The lowest BCUT2D eigenvalue weighted by Gasteiger charge is -2.36. The van der Waals surface area contributed by atoms with Crippen LogP contribution >= 0.6 is 24.0 Å². The molecule has 0 saturated carbocycles. The third kappa shape index (κ3) is 4.66. The maximum atomic E-state index is 11.3. The zero-order chi connectivity index (χ0) is 15.5. The lowest BCUT2D eigenvalue weighted by atomic mass is 10.2. The first-order chi connectivity index (χ1) is 10.6. The van der Waals surface area contributed by atoms with E-state index in [4.69, 9.17) is 16.3 Å². The van der Waals surface area contributed by atoms with Crippen molar-refractivity contribution in [3.63, 3.8) is 0 Å². The Morgan fingerprint density at radius 1 is 1.26 bits per heavy atom. The van der Waals surface area contributed by atoms with Gasteiger partial charge in [-0.15, -0.1) is 12.4 Å². The molecule has 3 rings (SSSR count). The molecule has 23 heavy (non-hydrogen) atoms. The van der Waals surface area contributed by atoms with Gasteiger partial charge in [0.1, 0.15) is 6.10 Å². The van der Waals surface area contributed by atoms with Gasteiger partial charge in [-0.2, -0.15) is 0 Å². The van der Waals surface area contributed by atoms with Crippen LogP contribution in [0.2, 0.25) is 5.02 Å². The molecule has 7 heteroatoms. The van der Waals surface area contributed by atoms with Crippen LogP contribution in [0, 0.1) is 0 Å². The smallest absolute Gasteiger partial charge is 0.409 e. The van der Waals surface area contributed by atoms with E-state index < -0.39 is 0 Å². The van der Waals surface area contributed by atoms with Gasteiger partial charge in [0.05, 0.1) is 6.54 Å². The molecule has 2 fully saturated rings. The fraction of sp³-hybridized carbons (Fsp3) is 0.562. The minimum atomic E-state index is -0.198. The summed E-state index contributed by atoms with van der Waals surface area (Å²) < 4.78 is 5.30. The van der Waals surface area contributed by atoms with E-state index in [0.29, 0.717) is 6.54 Å². The van der Waals surface area contributed by atoms with Crippen molar-refractivity contribution >= 4 is 35.8 Å². The second-order valence-electron chi connectivity index (χ2n) is 5.98. The number of carbonyl (C=O) groups excluding carboxylic acids is 1. The first-order valence-corrected chi connectivity index (χ1v) is 8.14. The van der Waals surface area contributed by atoms with E-state index in [1.807, 2.05) is 18.2 Å². The van der Waals surface area contributed by atoms with E-state index in [0.717, 1.165) is 44.2 Å². The number of piperazine rings is 1.